The van der Waals surface area contributed by atoms with Crippen molar-refractivity contribution in [1.82, 2.24) is 4.90 Å². The highest BCUT2D eigenvalue weighted by Crippen LogP contribution is 2.19. The van der Waals surface area contributed by atoms with Crippen molar-refractivity contribution in [3.8, 4) is 5.75 Å². The van der Waals surface area contributed by atoms with Crippen molar-refractivity contribution in [1.29, 1.82) is 0 Å². The van der Waals surface area contributed by atoms with Crippen LogP contribution in [0.4, 0.5) is 0 Å². The molecule has 21 heavy (non-hydrogen) atoms. The molecule has 2 rings (SSSR count). The number of aliphatic carboxylic acids is 1. The third kappa shape index (κ3) is 6.82. The summed E-state index contributed by atoms with van der Waals surface area (Å²) in [5.74, 6) is 0.860. The smallest absolute Gasteiger partial charge is 0.303 e. The molecule has 1 aliphatic heterocycles. The van der Waals surface area contributed by atoms with Gasteiger partial charge in [0, 0.05) is 6.42 Å². The normalized spacial score (nSPS) is 16.2. The number of ether oxygens (including phenoxy) is 1. The summed E-state index contributed by atoms with van der Waals surface area (Å²) in [6, 6.07) is 9.94. The Labute approximate surface area is 132 Å². The summed E-state index contributed by atoms with van der Waals surface area (Å²) in [7, 11) is 0. The number of para-hydroxylation sites is 1. The Morgan fingerprint density at radius 3 is 2.52 bits per heavy atom. The lowest BCUT2D eigenvalue weighted by Crippen LogP contribution is -2.36. The van der Waals surface area contributed by atoms with Crippen LogP contribution in [0.3, 0.4) is 0 Å². The number of likely N-dealkylation sites (tertiary alicyclic amines) is 1. The predicted octanol–water partition coefficient (Wildman–Crippen LogP) is 3.06. The lowest BCUT2D eigenvalue weighted by Gasteiger charge is -2.31. The summed E-state index contributed by atoms with van der Waals surface area (Å²) in [4.78, 5) is 12.8. The second-order valence-electron chi connectivity index (χ2n) is 5.41. The number of rotatable bonds is 7. The molecule has 0 aromatic heterocycles. The van der Waals surface area contributed by atoms with Crippen molar-refractivity contribution in [2.75, 3.05) is 26.2 Å². The first-order chi connectivity index (χ1) is 9.74. The molecule has 0 unspecified atom stereocenters. The Morgan fingerprint density at radius 2 is 1.90 bits per heavy atom. The maximum Gasteiger partial charge on any atom is 0.303 e. The fourth-order valence-electron chi connectivity index (χ4n) is 2.56. The number of halogens is 1. The van der Waals surface area contributed by atoms with Crippen LogP contribution >= 0.6 is 12.4 Å². The molecule has 1 aromatic carbocycles. The first kappa shape index (κ1) is 17.8. The van der Waals surface area contributed by atoms with Gasteiger partial charge in [0.2, 0.25) is 0 Å². The van der Waals surface area contributed by atoms with E-state index in [1.807, 2.05) is 30.3 Å². The number of carboxylic acids is 1. The van der Waals surface area contributed by atoms with E-state index in [4.69, 9.17) is 9.84 Å². The van der Waals surface area contributed by atoms with Crippen LogP contribution in [-0.2, 0) is 4.79 Å². The zero-order valence-electron chi connectivity index (χ0n) is 12.2. The van der Waals surface area contributed by atoms with Gasteiger partial charge in [-0.2, -0.15) is 0 Å². The molecule has 0 saturated carbocycles. The average molecular weight is 314 g/mol. The highest BCUT2D eigenvalue weighted by Gasteiger charge is 2.19. The third-order valence-corrected chi connectivity index (χ3v) is 3.80. The molecule has 1 saturated heterocycles. The minimum Gasteiger partial charge on any atom is -0.493 e. The molecule has 0 atom stereocenters. The van der Waals surface area contributed by atoms with E-state index >= 15 is 0 Å². The predicted molar refractivity (Wildman–Crippen MR) is 85.2 cm³/mol. The zero-order chi connectivity index (χ0) is 14.2. The summed E-state index contributed by atoms with van der Waals surface area (Å²) in [6.07, 6.45) is 3.30. The van der Waals surface area contributed by atoms with Crippen LogP contribution in [0, 0.1) is 5.92 Å². The van der Waals surface area contributed by atoms with Gasteiger partial charge < -0.3 is 14.7 Å². The molecule has 0 aliphatic carbocycles. The summed E-state index contributed by atoms with van der Waals surface area (Å²) in [6.45, 7) is 3.80. The van der Waals surface area contributed by atoms with E-state index in [1.54, 1.807) is 0 Å². The Morgan fingerprint density at radius 1 is 1.24 bits per heavy atom. The van der Waals surface area contributed by atoms with Crippen LogP contribution in [-0.4, -0.2) is 42.2 Å². The maximum absolute atomic E-state index is 10.5. The van der Waals surface area contributed by atoms with Crippen LogP contribution in [0.1, 0.15) is 25.7 Å². The van der Waals surface area contributed by atoms with Gasteiger partial charge in [-0.05, 0) is 56.9 Å². The van der Waals surface area contributed by atoms with Gasteiger partial charge in [0.1, 0.15) is 5.75 Å². The fourth-order valence-corrected chi connectivity index (χ4v) is 2.56. The van der Waals surface area contributed by atoms with Crippen molar-refractivity contribution >= 4 is 18.4 Å². The van der Waals surface area contributed by atoms with Crippen molar-refractivity contribution in [2.45, 2.75) is 25.7 Å². The van der Waals surface area contributed by atoms with Gasteiger partial charge in [-0.15, -0.1) is 12.4 Å². The van der Waals surface area contributed by atoms with Crippen LogP contribution in [0.25, 0.3) is 0 Å². The number of carbonyl (C=O) groups is 1. The van der Waals surface area contributed by atoms with Crippen molar-refractivity contribution in [3.05, 3.63) is 30.3 Å². The van der Waals surface area contributed by atoms with Gasteiger partial charge >= 0.3 is 5.97 Å². The van der Waals surface area contributed by atoms with Crippen LogP contribution in [0.15, 0.2) is 30.3 Å². The van der Waals surface area contributed by atoms with Gasteiger partial charge in [0.25, 0.3) is 0 Å². The van der Waals surface area contributed by atoms with E-state index < -0.39 is 5.97 Å². The molecule has 118 valence electrons. The standard InChI is InChI=1S/C16H23NO3.ClH/c18-16(19)7-4-10-17-11-8-14(9-12-17)13-20-15-5-2-1-3-6-15;/h1-3,5-6,14H,4,7-13H2,(H,18,19);1H. The molecule has 1 heterocycles. The molecule has 1 aliphatic rings. The van der Waals surface area contributed by atoms with Crippen molar-refractivity contribution in [2.24, 2.45) is 5.92 Å². The number of hydrogen-bond donors (Lipinski definition) is 1. The lowest BCUT2D eigenvalue weighted by atomic mass is 9.97. The minimum atomic E-state index is -0.698. The molecular formula is C16H24ClNO3. The van der Waals surface area contributed by atoms with Gasteiger partial charge in [0.05, 0.1) is 6.61 Å². The zero-order valence-corrected chi connectivity index (χ0v) is 13.1. The molecule has 0 radical (unpaired) electrons. The van der Waals surface area contributed by atoms with E-state index in [1.165, 1.54) is 0 Å². The number of benzene rings is 1. The average Bonchev–Trinajstić information content (AvgIpc) is 2.47. The first-order valence-corrected chi connectivity index (χ1v) is 7.36. The quantitative estimate of drug-likeness (QED) is 0.840. The molecule has 1 N–H and O–H groups in total. The highest BCUT2D eigenvalue weighted by atomic mass is 35.5. The molecular weight excluding hydrogens is 290 g/mol. The Balaban J connectivity index is 0.00000220. The van der Waals surface area contributed by atoms with Gasteiger partial charge in [0.15, 0.2) is 0 Å². The molecule has 4 nitrogen and oxygen atoms in total. The summed E-state index contributed by atoms with van der Waals surface area (Å²) in [5, 5.41) is 8.63. The lowest BCUT2D eigenvalue weighted by molar-refractivity contribution is -0.137. The van der Waals surface area contributed by atoms with Gasteiger partial charge in [-0.3, -0.25) is 4.79 Å². The SMILES string of the molecule is Cl.O=C(O)CCCN1CCC(COc2ccccc2)CC1. The van der Waals surface area contributed by atoms with E-state index in [0.29, 0.717) is 5.92 Å². The summed E-state index contributed by atoms with van der Waals surface area (Å²) < 4.78 is 5.80. The number of carboxylic acid groups (broad SMARTS) is 1. The topological polar surface area (TPSA) is 49.8 Å². The number of hydrogen-bond acceptors (Lipinski definition) is 3. The summed E-state index contributed by atoms with van der Waals surface area (Å²) in [5.41, 5.74) is 0. The Hall–Kier alpha value is -1.26. The van der Waals surface area contributed by atoms with E-state index in [-0.39, 0.29) is 18.8 Å². The second-order valence-corrected chi connectivity index (χ2v) is 5.41. The molecule has 0 amide bonds. The summed E-state index contributed by atoms with van der Waals surface area (Å²) >= 11 is 0. The molecule has 0 bridgehead atoms. The van der Waals surface area contributed by atoms with Crippen molar-refractivity contribution in [3.63, 3.8) is 0 Å². The third-order valence-electron chi connectivity index (χ3n) is 3.80. The fraction of sp³-hybridized carbons (Fsp3) is 0.562. The van der Waals surface area contributed by atoms with E-state index in [0.717, 1.165) is 51.3 Å². The number of nitrogens with zero attached hydrogens (tertiary/aromatic N) is 1. The monoisotopic (exact) mass is 313 g/mol. The van der Waals surface area contributed by atoms with E-state index in [9.17, 15) is 4.79 Å². The van der Waals surface area contributed by atoms with Crippen LogP contribution in [0.5, 0.6) is 5.75 Å². The molecule has 5 heteroatoms. The molecule has 1 fully saturated rings. The first-order valence-electron chi connectivity index (χ1n) is 7.36. The minimum absolute atomic E-state index is 0. The van der Waals surface area contributed by atoms with Crippen LogP contribution in [0.2, 0.25) is 0 Å². The van der Waals surface area contributed by atoms with Gasteiger partial charge in [-0.25, -0.2) is 0 Å². The largest absolute Gasteiger partial charge is 0.493 e. The number of piperidine rings is 1. The van der Waals surface area contributed by atoms with E-state index in [2.05, 4.69) is 4.90 Å². The molecule has 0 spiro atoms. The van der Waals surface area contributed by atoms with Crippen LogP contribution < -0.4 is 4.74 Å². The Kier molecular flexibility index (Phi) is 8.16. The second kappa shape index (κ2) is 9.64. The highest BCUT2D eigenvalue weighted by molar-refractivity contribution is 5.85. The van der Waals surface area contributed by atoms with Gasteiger partial charge in [-0.1, -0.05) is 18.2 Å². The molecule has 1 aromatic rings. The Bertz CT molecular complexity index is 405. The maximum atomic E-state index is 10.5. The van der Waals surface area contributed by atoms with Crippen molar-refractivity contribution < 1.29 is 14.6 Å².